The number of esters is 2. The average molecular weight is 745 g/mol. The summed E-state index contributed by atoms with van der Waals surface area (Å²) in [5.41, 5.74) is 0. The van der Waals surface area contributed by atoms with Crippen LogP contribution >= 0.6 is 7.82 Å². The maximum absolute atomic E-state index is 12.4. The van der Waals surface area contributed by atoms with Crippen LogP contribution in [0.4, 0.5) is 0 Å². The molecular weight excluding hydrogens is 663 g/mol. The average Bonchev–Trinajstić information content (AvgIpc) is 3.10. The first-order valence-corrected chi connectivity index (χ1v) is 23.0. The third kappa shape index (κ3) is 41.4. The molecule has 0 aliphatic heterocycles. The van der Waals surface area contributed by atoms with Gasteiger partial charge in [-0.1, -0.05) is 187 Å². The molecule has 0 fully saturated rings. The van der Waals surface area contributed by atoms with Crippen molar-refractivity contribution >= 4 is 19.8 Å². The van der Waals surface area contributed by atoms with Gasteiger partial charge < -0.3 is 19.3 Å². The third-order valence-corrected chi connectivity index (χ3v) is 10.0. The number of unbranched alkanes of at least 4 members (excludes halogenated alkanes) is 28. The maximum atomic E-state index is 12.4. The van der Waals surface area contributed by atoms with E-state index in [1.165, 1.54) is 154 Å². The summed E-state index contributed by atoms with van der Waals surface area (Å²) in [4.78, 5) is 42.8. The number of ether oxygens (including phenoxy) is 2. The number of rotatable bonds is 40. The van der Waals surface area contributed by atoms with E-state index in [0.29, 0.717) is 6.42 Å². The Morgan fingerprint density at radius 2 is 0.824 bits per heavy atom. The molecule has 0 unspecified atom stereocenters. The molecule has 1 atom stereocenters. The molecule has 0 radical (unpaired) electrons. The highest BCUT2D eigenvalue weighted by Gasteiger charge is 2.22. The fourth-order valence-corrected chi connectivity index (χ4v) is 6.67. The van der Waals surface area contributed by atoms with Gasteiger partial charge in [0.25, 0.3) is 0 Å². The Hall–Kier alpha value is -1.21. The molecule has 2 N–H and O–H groups in total. The van der Waals surface area contributed by atoms with E-state index in [0.717, 1.165) is 38.5 Å². The zero-order chi connectivity index (χ0) is 37.5. The van der Waals surface area contributed by atoms with Gasteiger partial charge >= 0.3 is 19.8 Å². The molecule has 0 spiro atoms. The van der Waals surface area contributed by atoms with Crippen molar-refractivity contribution in [3.63, 3.8) is 0 Å². The highest BCUT2D eigenvalue weighted by molar-refractivity contribution is 7.46. The summed E-state index contributed by atoms with van der Waals surface area (Å²) in [6.45, 7) is 3.70. The lowest BCUT2D eigenvalue weighted by Crippen LogP contribution is -2.29. The van der Waals surface area contributed by atoms with E-state index in [4.69, 9.17) is 19.3 Å². The van der Waals surface area contributed by atoms with Gasteiger partial charge in [-0.3, -0.25) is 14.1 Å². The van der Waals surface area contributed by atoms with Crippen LogP contribution in [0.5, 0.6) is 0 Å². The topological polar surface area (TPSA) is 119 Å². The molecule has 0 bridgehead atoms. The van der Waals surface area contributed by atoms with E-state index >= 15 is 0 Å². The number of hydrogen-bond donors (Lipinski definition) is 2. The monoisotopic (exact) mass is 745 g/mol. The number of allylic oxidation sites excluding steroid dienone is 2. The molecule has 0 saturated carbocycles. The molecule has 9 heteroatoms. The molecule has 0 aromatic rings. The molecule has 0 aliphatic rings. The Kier molecular flexibility index (Phi) is 37.6. The Morgan fingerprint density at radius 1 is 0.490 bits per heavy atom. The van der Waals surface area contributed by atoms with Crippen molar-refractivity contribution in [2.24, 2.45) is 0 Å². The summed E-state index contributed by atoms with van der Waals surface area (Å²) in [7, 11) is -4.75. The Labute approximate surface area is 314 Å². The smallest absolute Gasteiger partial charge is 0.462 e. The van der Waals surface area contributed by atoms with Crippen LogP contribution in [-0.2, 0) is 28.2 Å². The first-order chi connectivity index (χ1) is 24.8. The van der Waals surface area contributed by atoms with Gasteiger partial charge in [0.05, 0.1) is 6.61 Å². The molecule has 0 saturated heterocycles. The van der Waals surface area contributed by atoms with Crippen LogP contribution in [0.1, 0.15) is 226 Å². The van der Waals surface area contributed by atoms with Crippen molar-refractivity contribution in [3.05, 3.63) is 12.2 Å². The fourth-order valence-electron chi connectivity index (χ4n) is 6.31. The number of phosphoric acid groups is 1. The van der Waals surface area contributed by atoms with E-state index in [1.54, 1.807) is 0 Å². The lowest BCUT2D eigenvalue weighted by Gasteiger charge is -2.18. The van der Waals surface area contributed by atoms with Gasteiger partial charge in [-0.15, -0.1) is 0 Å². The first-order valence-electron chi connectivity index (χ1n) is 21.5. The molecule has 0 aliphatic carbocycles. The van der Waals surface area contributed by atoms with Crippen molar-refractivity contribution in [1.29, 1.82) is 0 Å². The van der Waals surface area contributed by atoms with Gasteiger partial charge in [0.15, 0.2) is 6.10 Å². The minimum Gasteiger partial charge on any atom is -0.462 e. The van der Waals surface area contributed by atoms with Crippen LogP contribution in [0.3, 0.4) is 0 Å². The second kappa shape index (κ2) is 38.5. The second-order valence-electron chi connectivity index (χ2n) is 14.7. The Balaban J connectivity index is 3.87. The molecule has 8 nitrogen and oxygen atoms in total. The third-order valence-electron chi connectivity index (χ3n) is 9.53. The predicted molar refractivity (Wildman–Crippen MR) is 212 cm³/mol. The lowest BCUT2D eigenvalue weighted by molar-refractivity contribution is -0.161. The van der Waals surface area contributed by atoms with E-state index in [9.17, 15) is 14.2 Å². The minimum atomic E-state index is -4.75. The fraction of sp³-hybridized carbons (Fsp3) is 0.905. The zero-order valence-corrected chi connectivity index (χ0v) is 34.2. The van der Waals surface area contributed by atoms with Gasteiger partial charge in [0, 0.05) is 12.8 Å². The predicted octanol–water partition coefficient (Wildman–Crippen LogP) is 13.0. The molecule has 0 rings (SSSR count). The van der Waals surface area contributed by atoms with Crippen molar-refractivity contribution in [1.82, 2.24) is 0 Å². The van der Waals surface area contributed by atoms with Gasteiger partial charge in [-0.25, -0.2) is 4.57 Å². The second-order valence-corrected chi connectivity index (χ2v) is 15.9. The van der Waals surface area contributed by atoms with E-state index in [-0.39, 0.29) is 19.4 Å². The van der Waals surface area contributed by atoms with E-state index in [2.05, 4.69) is 30.5 Å². The van der Waals surface area contributed by atoms with Gasteiger partial charge in [-0.05, 0) is 38.5 Å². The van der Waals surface area contributed by atoms with Crippen molar-refractivity contribution in [3.8, 4) is 0 Å². The molecule has 0 aromatic heterocycles. The molecule has 0 aromatic carbocycles. The van der Waals surface area contributed by atoms with Crippen LogP contribution in [0.25, 0.3) is 0 Å². The van der Waals surface area contributed by atoms with Crippen LogP contribution in [0.2, 0.25) is 0 Å². The normalized spacial score (nSPS) is 12.5. The van der Waals surface area contributed by atoms with Crippen LogP contribution in [-0.4, -0.2) is 41.0 Å². The summed E-state index contributed by atoms with van der Waals surface area (Å²) in [6.07, 6.45) is 42.2. The highest BCUT2D eigenvalue weighted by Crippen LogP contribution is 2.36. The summed E-state index contributed by atoms with van der Waals surface area (Å²) in [6, 6.07) is 0. The maximum Gasteiger partial charge on any atom is 0.469 e. The number of hydrogen-bond acceptors (Lipinski definition) is 6. The molecule has 0 amide bonds. The van der Waals surface area contributed by atoms with Crippen LogP contribution in [0.15, 0.2) is 12.2 Å². The summed E-state index contributed by atoms with van der Waals surface area (Å²) in [5.74, 6) is -0.875. The number of phosphoric ester groups is 1. The van der Waals surface area contributed by atoms with Crippen molar-refractivity contribution < 1.29 is 37.9 Å². The molecular formula is C42H81O8P. The van der Waals surface area contributed by atoms with Crippen molar-refractivity contribution in [2.45, 2.75) is 232 Å². The Morgan fingerprint density at radius 3 is 1.20 bits per heavy atom. The highest BCUT2D eigenvalue weighted by atomic mass is 31.2. The van der Waals surface area contributed by atoms with Crippen LogP contribution < -0.4 is 0 Å². The summed E-state index contributed by atoms with van der Waals surface area (Å²) in [5, 5.41) is 0. The van der Waals surface area contributed by atoms with E-state index in [1.807, 2.05) is 0 Å². The molecule has 0 heterocycles. The van der Waals surface area contributed by atoms with Crippen molar-refractivity contribution in [2.75, 3.05) is 13.2 Å². The van der Waals surface area contributed by atoms with Gasteiger partial charge in [0.1, 0.15) is 6.61 Å². The minimum absolute atomic E-state index is 0.214. The van der Waals surface area contributed by atoms with E-state index < -0.39 is 32.5 Å². The number of carbonyl (C=O) groups excluding carboxylic acids is 2. The first kappa shape index (κ1) is 49.8. The quantitative estimate of drug-likeness (QED) is 0.0275. The standard InChI is InChI=1S/C42H81O8P/c1-3-5-7-9-11-13-15-17-19-20-21-22-23-25-27-29-31-33-35-37-42(44)50-40(39-49-51(45,46)47)38-48-41(43)36-34-32-30-28-26-24-18-16-14-12-10-8-6-4-2/h17,19,40H,3-16,18,20-39H2,1-2H3,(H2,45,46,47)/b19-17+/t40-/m1/s1. The molecule has 302 valence electrons. The van der Waals surface area contributed by atoms with Gasteiger partial charge in [0.2, 0.25) is 0 Å². The summed E-state index contributed by atoms with van der Waals surface area (Å²) < 4.78 is 26.4. The number of carbonyl (C=O) groups is 2. The van der Waals surface area contributed by atoms with Crippen LogP contribution in [0, 0.1) is 0 Å². The lowest BCUT2D eigenvalue weighted by atomic mass is 10.0. The van der Waals surface area contributed by atoms with Gasteiger partial charge in [-0.2, -0.15) is 0 Å². The summed E-state index contributed by atoms with van der Waals surface area (Å²) >= 11 is 0. The zero-order valence-electron chi connectivity index (χ0n) is 33.3. The SMILES string of the molecule is CCCCCCCC/C=C/CCCCCCCCCCCC(=O)O[C@H](COC(=O)CCCCCCCCCCCCCCCC)COP(=O)(O)O. The largest absolute Gasteiger partial charge is 0.469 e. The Bertz CT molecular complexity index is 843. The molecule has 51 heavy (non-hydrogen) atoms.